The molecule has 0 spiro atoms. The van der Waals surface area contributed by atoms with Gasteiger partial charge in [0.1, 0.15) is 0 Å². The number of alkyl halides is 3. The molecule has 0 saturated heterocycles. The van der Waals surface area contributed by atoms with E-state index in [0.29, 0.717) is 0 Å². The molecular formula is C12H11ClF2O4. The van der Waals surface area contributed by atoms with Crippen LogP contribution in [0.2, 0.25) is 0 Å². The van der Waals surface area contributed by atoms with E-state index in [9.17, 15) is 23.5 Å². The molecule has 1 unspecified atom stereocenters. The van der Waals surface area contributed by atoms with Crippen molar-refractivity contribution < 1.29 is 28.6 Å². The minimum atomic E-state index is -2.79. The van der Waals surface area contributed by atoms with E-state index >= 15 is 0 Å². The third kappa shape index (κ3) is 3.97. The molecule has 0 fully saturated rings. The number of benzene rings is 1. The van der Waals surface area contributed by atoms with E-state index in [0.717, 1.165) is 12.1 Å². The van der Waals surface area contributed by atoms with Crippen LogP contribution < -0.4 is 0 Å². The fourth-order valence-corrected chi connectivity index (χ4v) is 1.65. The zero-order chi connectivity index (χ0) is 14.6. The second kappa shape index (κ2) is 6.58. The van der Waals surface area contributed by atoms with E-state index in [-0.39, 0.29) is 23.4 Å². The highest BCUT2D eigenvalue weighted by atomic mass is 35.5. The number of Topliss-reactive ketones (excluding diaryl/α,β-unsaturated/α-hetero) is 1. The second-order valence-electron chi connectivity index (χ2n) is 3.85. The fourth-order valence-electron chi connectivity index (χ4n) is 1.56. The molecule has 1 rings (SSSR count). The smallest absolute Gasteiger partial charge is 0.337 e. The summed E-state index contributed by atoms with van der Waals surface area (Å²) < 4.78 is 25.1. The number of rotatable bonds is 6. The highest BCUT2D eigenvalue weighted by Crippen LogP contribution is 2.26. The minimum Gasteiger partial charge on any atom is -0.479 e. The average Bonchev–Trinajstić information content (AvgIpc) is 2.37. The number of hydrogen-bond donors (Lipinski definition) is 2. The van der Waals surface area contributed by atoms with E-state index in [1.807, 2.05) is 0 Å². The van der Waals surface area contributed by atoms with Gasteiger partial charge in [-0.05, 0) is 17.2 Å². The van der Waals surface area contributed by atoms with Gasteiger partial charge >= 0.3 is 5.97 Å². The van der Waals surface area contributed by atoms with Crippen LogP contribution in [-0.2, 0) is 16.0 Å². The molecule has 0 aromatic heterocycles. The first kappa shape index (κ1) is 15.5. The molecule has 2 N–H and O–H groups in total. The Kier molecular flexibility index (Phi) is 5.38. The molecule has 7 heteroatoms. The lowest BCUT2D eigenvalue weighted by molar-refractivity contribution is -0.147. The number of carboxylic acids is 1. The van der Waals surface area contributed by atoms with Crippen LogP contribution in [0.1, 0.15) is 29.2 Å². The van der Waals surface area contributed by atoms with Gasteiger partial charge in [-0.15, -0.1) is 11.6 Å². The number of aliphatic hydroxyl groups excluding tert-OH is 1. The molecule has 0 saturated carbocycles. The van der Waals surface area contributed by atoms with Crippen molar-refractivity contribution in [3.63, 3.8) is 0 Å². The quantitative estimate of drug-likeness (QED) is 0.787. The number of aliphatic hydroxyl groups is 1. The summed E-state index contributed by atoms with van der Waals surface area (Å²) in [5, 5.41) is 18.2. The Morgan fingerprint density at radius 1 is 1.32 bits per heavy atom. The predicted molar refractivity (Wildman–Crippen MR) is 63.4 cm³/mol. The summed E-state index contributed by atoms with van der Waals surface area (Å²) in [5.41, 5.74) is -0.467. The van der Waals surface area contributed by atoms with E-state index in [1.54, 1.807) is 0 Å². The Balaban J connectivity index is 3.22. The standard InChI is InChI=1S/C12H11ClF2O4/c13-5-8(16)3-6-1-2-7(11(14)15)4-9(6)10(17)12(18)19/h1-2,4,10-11,17H,3,5H2,(H,18,19). The lowest BCUT2D eigenvalue weighted by Gasteiger charge is -2.13. The summed E-state index contributed by atoms with van der Waals surface area (Å²) in [6.07, 6.45) is -4.97. The minimum absolute atomic E-state index is 0.171. The maximum atomic E-state index is 12.6. The summed E-state index contributed by atoms with van der Waals surface area (Å²) >= 11 is 5.33. The Bertz CT molecular complexity index is 491. The Morgan fingerprint density at radius 2 is 1.95 bits per heavy atom. The van der Waals surface area contributed by atoms with Gasteiger partial charge in [-0.1, -0.05) is 12.1 Å². The second-order valence-corrected chi connectivity index (χ2v) is 4.12. The SMILES string of the molecule is O=C(CCl)Cc1ccc(C(F)F)cc1C(O)C(=O)O. The van der Waals surface area contributed by atoms with Gasteiger partial charge in [-0.2, -0.15) is 0 Å². The highest BCUT2D eigenvalue weighted by Gasteiger charge is 2.22. The van der Waals surface area contributed by atoms with Crippen LogP contribution in [-0.4, -0.2) is 27.8 Å². The van der Waals surface area contributed by atoms with Crippen molar-refractivity contribution in [2.24, 2.45) is 0 Å². The lowest BCUT2D eigenvalue weighted by atomic mass is 9.96. The molecular weight excluding hydrogens is 282 g/mol. The molecule has 1 aromatic carbocycles. The van der Waals surface area contributed by atoms with E-state index in [2.05, 4.69) is 0 Å². The Labute approximate surface area is 112 Å². The molecule has 19 heavy (non-hydrogen) atoms. The molecule has 0 aliphatic heterocycles. The molecule has 0 radical (unpaired) electrons. The number of carbonyl (C=O) groups is 2. The zero-order valence-electron chi connectivity index (χ0n) is 9.65. The Morgan fingerprint density at radius 3 is 2.42 bits per heavy atom. The van der Waals surface area contributed by atoms with Crippen LogP contribution in [0.3, 0.4) is 0 Å². The maximum Gasteiger partial charge on any atom is 0.337 e. The molecule has 0 amide bonds. The van der Waals surface area contributed by atoms with Crippen molar-refractivity contribution in [2.45, 2.75) is 19.0 Å². The van der Waals surface area contributed by atoms with Crippen LogP contribution >= 0.6 is 11.6 Å². The molecule has 0 heterocycles. The van der Waals surface area contributed by atoms with Crippen LogP contribution in [0.5, 0.6) is 0 Å². The number of aliphatic carboxylic acids is 1. The molecule has 0 bridgehead atoms. The van der Waals surface area contributed by atoms with Crippen molar-refractivity contribution in [3.05, 3.63) is 34.9 Å². The van der Waals surface area contributed by atoms with Crippen molar-refractivity contribution in [2.75, 3.05) is 5.88 Å². The average molecular weight is 293 g/mol. The monoisotopic (exact) mass is 292 g/mol. The van der Waals surface area contributed by atoms with E-state index < -0.39 is 29.8 Å². The molecule has 0 aliphatic carbocycles. The number of hydrogen-bond acceptors (Lipinski definition) is 3. The van der Waals surface area contributed by atoms with Gasteiger partial charge in [0.05, 0.1) is 5.88 Å². The fraction of sp³-hybridized carbons (Fsp3) is 0.333. The maximum absolute atomic E-state index is 12.6. The van der Waals surface area contributed by atoms with Gasteiger partial charge in [0, 0.05) is 12.0 Å². The normalized spacial score (nSPS) is 12.5. The topological polar surface area (TPSA) is 74.6 Å². The summed E-state index contributed by atoms with van der Waals surface area (Å²) in [6, 6.07) is 3.17. The summed E-state index contributed by atoms with van der Waals surface area (Å²) in [5.74, 6) is -2.25. The third-order valence-electron chi connectivity index (χ3n) is 2.49. The highest BCUT2D eigenvalue weighted by molar-refractivity contribution is 6.27. The lowest BCUT2D eigenvalue weighted by Crippen LogP contribution is -2.15. The largest absolute Gasteiger partial charge is 0.479 e. The third-order valence-corrected chi connectivity index (χ3v) is 2.79. The molecule has 104 valence electrons. The van der Waals surface area contributed by atoms with Crippen LogP contribution in [0.4, 0.5) is 8.78 Å². The van der Waals surface area contributed by atoms with Crippen LogP contribution in [0, 0.1) is 0 Å². The van der Waals surface area contributed by atoms with Gasteiger partial charge in [-0.3, -0.25) is 4.79 Å². The first-order valence-corrected chi connectivity index (χ1v) is 5.79. The number of carbonyl (C=O) groups excluding carboxylic acids is 1. The van der Waals surface area contributed by atoms with Crippen molar-refractivity contribution in [3.8, 4) is 0 Å². The molecule has 1 atom stereocenters. The van der Waals surface area contributed by atoms with Crippen LogP contribution in [0.25, 0.3) is 0 Å². The van der Waals surface area contributed by atoms with Gasteiger partial charge in [0.15, 0.2) is 11.9 Å². The van der Waals surface area contributed by atoms with Crippen molar-refractivity contribution >= 4 is 23.4 Å². The molecule has 4 nitrogen and oxygen atoms in total. The Hall–Kier alpha value is -1.53. The number of ketones is 1. The van der Waals surface area contributed by atoms with Gasteiger partial charge in [0.25, 0.3) is 6.43 Å². The zero-order valence-corrected chi connectivity index (χ0v) is 10.4. The summed E-state index contributed by atoms with van der Waals surface area (Å²) in [6.45, 7) is 0. The van der Waals surface area contributed by atoms with Crippen LogP contribution in [0.15, 0.2) is 18.2 Å². The van der Waals surface area contributed by atoms with Crippen molar-refractivity contribution in [1.29, 1.82) is 0 Å². The van der Waals surface area contributed by atoms with Gasteiger partial charge in [-0.25, -0.2) is 13.6 Å². The first-order chi connectivity index (χ1) is 8.86. The first-order valence-electron chi connectivity index (χ1n) is 5.26. The van der Waals surface area contributed by atoms with Crippen molar-refractivity contribution in [1.82, 2.24) is 0 Å². The van der Waals surface area contributed by atoms with Gasteiger partial charge in [0.2, 0.25) is 0 Å². The van der Waals surface area contributed by atoms with E-state index in [4.69, 9.17) is 16.7 Å². The summed E-state index contributed by atoms with van der Waals surface area (Å²) in [7, 11) is 0. The summed E-state index contributed by atoms with van der Waals surface area (Å²) in [4.78, 5) is 22.0. The predicted octanol–water partition coefficient (Wildman–Crippen LogP) is 2.09. The van der Waals surface area contributed by atoms with E-state index in [1.165, 1.54) is 6.07 Å². The number of carboxylic acid groups (broad SMARTS) is 1. The molecule has 1 aromatic rings. The number of halogens is 3. The molecule has 0 aliphatic rings. The van der Waals surface area contributed by atoms with Gasteiger partial charge < -0.3 is 10.2 Å².